The van der Waals surface area contributed by atoms with Gasteiger partial charge in [-0.15, -0.1) is 0 Å². The number of nitrogens with one attached hydrogen (secondary N) is 2. The van der Waals surface area contributed by atoms with Gasteiger partial charge in [0, 0.05) is 52.1 Å². The molecule has 1 aliphatic carbocycles. The molecule has 5 nitrogen and oxygen atoms in total. The van der Waals surface area contributed by atoms with Gasteiger partial charge in [-0.25, -0.2) is 4.98 Å². The quantitative estimate of drug-likeness (QED) is 0.449. The fraction of sp³-hybridized carbons (Fsp3) is 0.269. The van der Waals surface area contributed by atoms with Crippen LogP contribution in [0.3, 0.4) is 0 Å². The molecule has 1 aromatic carbocycles. The number of carbonyl (C=O) groups excluding carboxylic acids is 1. The monoisotopic (exact) mass is 410 g/mol. The van der Waals surface area contributed by atoms with Crippen molar-refractivity contribution in [2.75, 3.05) is 5.32 Å². The van der Waals surface area contributed by atoms with E-state index < -0.39 is 0 Å². The van der Waals surface area contributed by atoms with E-state index in [4.69, 9.17) is 0 Å². The van der Waals surface area contributed by atoms with Crippen molar-refractivity contribution in [2.24, 2.45) is 5.92 Å². The summed E-state index contributed by atoms with van der Waals surface area (Å²) in [6, 6.07) is 16.3. The van der Waals surface area contributed by atoms with E-state index >= 15 is 0 Å². The van der Waals surface area contributed by atoms with Crippen LogP contribution in [0.4, 0.5) is 5.82 Å². The summed E-state index contributed by atoms with van der Waals surface area (Å²) >= 11 is 0. The molecule has 3 aromatic heterocycles. The molecule has 1 aliphatic rings. The first kappa shape index (κ1) is 19.5. The molecule has 2 atom stereocenters. The summed E-state index contributed by atoms with van der Waals surface area (Å²) in [6.45, 7) is 4.08. The van der Waals surface area contributed by atoms with Crippen LogP contribution < -0.4 is 5.32 Å². The molecule has 0 spiro atoms. The summed E-state index contributed by atoms with van der Waals surface area (Å²) in [5.41, 5.74) is 6.62. The van der Waals surface area contributed by atoms with E-state index in [1.54, 1.807) is 0 Å². The maximum atomic E-state index is 13.1. The molecule has 3 heterocycles. The predicted octanol–water partition coefficient (Wildman–Crippen LogP) is 5.76. The molecule has 5 heteroatoms. The number of nitrogens with zero attached hydrogens (tertiary/aromatic N) is 2. The molecule has 0 aliphatic heterocycles. The average Bonchev–Trinajstić information content (AvgIpc) is 3.41. The Labute approximate surface area is 182 Å². The Balaban J connectivity index is 1.33. The van der Waals surface area contributed by atoms with Gasteiger partial charge in [-0.05, 0) is 62.1 Å². The number of pyridine rings is 2. The third-order valence-electron chi connectivity index (χ3n) is 6.38. The van der Waals surface area contributed by atoms with E-state index in [0.717, 1.165) is 52.7 Å². The molecule has 1 fully saturated rings. The fourth-order valence-corrected chi connectivity index (χ4v) is 4.74. The number of aromatic amines is 1. The highest BCUT2D eigenvalue weighted by Crippen LogP contribution is 2.40. The fourth-order valence-electron chi connectivity index (χ4n) is 4.74. The van der Waals surface area contributed by atoms with Gasteiger partial charge in [-0.2, -0.15) is 0 Å². The van der Waals surface area contributed by atoms with Crippen LogP contribution in [0.15, 0.2) is 60.9 Å². The van der Waals surface area contributed by atoms with Crippen LogP contribution in [0.25, 0.3) is 22.0 Å². The molecule has 0 radical (unpaired) electrons. The molecule has 0 bridgehead atoms. The normalized spacial score (nSPS) is 18.4. The SMILES string of the molecule is Cc1cc2[nH]c(C3CCCC3C(=O)Nc3ccc(-c4ccccc4C)cn3)cc2cn1. The summed E-state index contributed by atoms with van der Waals surface area (Å²) in [6.07, 6.45) is 6.68. The smallest absolute Gasteiger partial charge is 0.229 e. The number of carbonyl (C=O) groups is 1. The molecule has 0 saturated heterocycles. The zero-order valence-corrected chi connectivity index (χ0v) is 17.9. The lowest BCUT2D eigenvalue weighted by atomic mass is 9.92. The number of benzene rings is 1. The number of aryl methyl sites for hydroxylation is 2. The van der Waals surface area contributed by atoms with Crippen molar-refractivity contribution in [3.63, 3.8) is 0 Å². The molecule has 2 unspecified atom stereocenters. The maximum absolute atomic E-state index is 13.1. The number of fused-ring (bicyclic) bond motifs is 1. The lowest BCUT2D eigenvalue weighted by molar-refractivity contribution is -0.120. The number of hydrogen-bond donors (Lipinski definition) is 2. The number of anilines is 1. The van der Waals surface area contributed by atoms with Gasteiger partial charge in [0.2, 0.25) is 5.91 Å². The van der Waals surface area contributed by atoms with Gasteiger partial charge in [0.05, 0.1) is 0 Å². The van der Waals surface area contributed by atoms with Crippen LogP contribution in [0, 0.1) is 19.8 Å². The predicted molar refractivity (Wildman–Crippen MR) is 124 cm³/mol. The summed E-state index contributed by atoms with van der Waals surface area (Å²) < 4.78 is 0. The number of hydrogen-bond acceptors (Lipinski definition) is 3. The number of rotatable bonds is 4. The largest absolute Gasteiger partial charge is 0.358 e. The van der Waals surface area contributed by atoms with E-state index in [0.29, 0.717) is 5.82 Å². The molecule has 2 N–H and O–H groups in total. The van der Waals surface area contributed by atoms with E-state index in [1.165, 1.54) is 5.56 Å². The number of amides is 1. The van der Waals surface area contributed by atoms with Crippen molar-refractivity contribution in [3.05, 3.63) is 77.9 Å². The minimum Gasteiger partial charge on any atom is -0.358 e. The van der Waals surface area contributed by atoms with Crippen molar-refractivity contribution in [1.29, 1.82) is 0 Å². The second-order valence-electron chi connectivity index (χ2n) is 8.52. The van der Waals surface area contributed by atoms with Gasteiger partial charge in [-0.3, -0.25) is 9.78 Å². The van der Waals surface area contributed by atoms with E-state index in [1.807, 2.05) is 43.6 Å². The minimum absolute atomic E-state index is 0.0478. The Hall–Kier alpha value is -3.47. The van der Waals surface area contributed by atoms with Crippen molar-refractivity contribution in [2.45, 2.75) is 39.0 Å². The number of aromatic nitrogens is 3. The van der Waals surface area contributed by atoms with Crippen molar-refractivity contribution in [3.8, 4) is 11.1 Å². The summed E-state index contributed by atoms with van der Waals surface area (Å²) in [4.78, 5) is 25.5. The molecule has 4 aromatic rings. The summed E-state index contributed by atoms with van der Waals surface area (Å²) in [7, 11) is 0. The van der Waals surface area contributed by atoms with Gasteiger partial charge in [-0.1, -0.05) is 30.7 Å². The molecule has 31 heavy (non-hydrogen) atoms. The molecule has 1 saturated carbocycles. The third kappa shape index (κ3) is 3.83. The second-order valence-corrected chi connectivity index (χ2v) is 8.52. The minimum atomic E-state index is -0.0556. The Morgan fingerprint density at radius 1 is 1.03 bits per heavy atom. The van der Waals surface area contributed by atoms with Gasteiger partial charge >= 0.3 is 0 Å². The van der Waals surface area contributed by atoms with Gasteiger partial charge in [0.15, 0.2) is 0 Å². The Kier molecular flexibility index (Phi) is 5.02. The lowest BCUT2D eigenvalue weighted by Crippen LogP contribution is -2.25. The van der Waals surface area contributed by atoms with Crippen molar-refractivity contribution in [1.82, 2.24) is 15.0 Å². The lowest BCUT2D eigenvalue weighted by Gasteiger charge is -2.18. The highest BCUT2D eigenvalue weighted by molar-refractivity contribution is 5.93. The standard InChI is InChI=1S/C26H26N4O/c1-16-6-3-4-7-20(16)18-10-11-25(28-14-18)30-26(31)22-9-5-8-21(22)24-13-19-15-27-17(2)12-23(19)29-24/h3-4,6-7,10-15,21-22,29H,5,8-9H2,1-2H3,(H,28,30,31). The zero-order chi connectivity index (χ0) is 21.4. The van der Waals surface area contributed by atoms with Crippen LogP contribution >= 0.6 is 0 Å². The van der Waals surface area contributed by atoms with Crippen molar-refractivity contribution >= 4 is 22.6 Å². The van der Waals surface area contributed by atoms with Gasteiger partial charge in [0.25, 0.3) is 0 Å². The molecule has 5 rings (SSSR count). The Bertz CT molecular complexity index is 1240. The second kappa shape index (κ2) is 7.99. The molecule has 156 valence electrons. The molecular weight excluding hydrogens is 384 g/mol. The topological polar surface area (TPSA) is 70.7 Å². The summed E-state index contributed by atoms with van der Waals surface area (Å²) in [5, 5.41) is 4.14. The Morgan fingerprint density at radius 2 is 1.90 bits per heavy atom. The van der Waals surface area contributed by atoms with Gasteiger partial charge in [0.1, 0.15) is 5.82 Å². The maximum Gasteiger partial charge on any atom is 0.229 e. The van der Waals surface area contributed by atoms with E-state index in [-0.39, 0.29) is 17.7 Å². The summed E-state index contributed by atoms with van der Waals surface area (Å²) in [5.74, 6) is 0.787. The first-order valence-electron chi connectivity index (χ1n) is 10.9. The van der Waals surface area contributed by atoms with Gasteiger partial charge < -0.3 is 10.3 Å². The number of H-pyrrole nitrogens is 1. The van der Waals surface area contributed by atoms with Crippen molar-refractivity contribution < 1.29 is 4.79 Å². The Morgan fingerprint density at radius 3 is 2.71 bits per heavy atom. The van der Waals surface area contributed by atoms with Crippen LogP contribution in [-0.2, 0) is 4.79 Å². The van der Waals surface area contributed by atoms with Crippen LogP contribution in [-0.4, -0.2) is 20.9 Å². The molecular formula is C26H26N4O. The van der Waals surface area contributed by atoms with Crippen LogP contribution in [0.1, 0.15) is 42.1 Å². The third-order valence-corrected chi connectivity index (χ3v) is 6.38. The van der Waals surface area contributed by atoms with E-state index in [9.17, 15) is 4.79 Å². The zero-order valence-electron chi connectivity index (χ0n) is 17.9. The molecule has 1 amide bonds. The average molecular weight is 411 g/mol. The van der Waals surface area contributed by atoms with E-state index in [2.05, 4.69) is 51.5 Å². The van der Waals surface area contributed by atoms with Crippen LogP contribution in [0.5, 0.6) is 0 Å². The highest BCUT2D eigenvalue weighted by atomic mass is 16.2. The first-order chi connectivity index (χ1) is 15.1. The highest BCUT2D eigenvalue weighted by Gasteiger charge is 2.35. The van der Waals surface area contributed by atoms with Crippen LogP contribution in [0.2, 0.25) is 0 Å². The first-order valence-corrected chi connectivity index (χ1v) is 10.9.